The Balaban J connectivity index is 1.19. The summed E-state index contributed by atoms with van der Waals surface area (Å²) < 4.78 is 4.56. The molecule has 0 N–H and O–H groups in total. The van der Waals surface area contributed by atoms with Gasteiger partial charge in [-0.15, -0.1) is 0 Å². The molecule has 4 heterocycles. The van der Waals surface area contributed by atoms with Crippen molar-refractivity contribution in [2.45, 2.75) is 19.3 Å². The maximum Gasteiger partial charge on any atom is 0.0937 e. The van der Waals surface area contributed by atoms with E-state index in [1.54, 1.807) is 0 Å². The van der Waals surface area contributed by atoms with Crippen LogP contribution in [0.3, 0.4) is 0 Å². The van der Waals surface area contributed by atoms with Crippen LogP contribution in [0.1, 0.15) is 25.0 Å². The number of para-hydroxylation sites is 2. The van der Waals surface area contributed by atoms with Gasteiger partial charge in [0.25, 0.3) is 0 Å². The molecule has 4 heteroatoms. The van der Waals surface area contributed by atoms with Crippen molar-refractivity contribution in [3.05, 3.63) is 120 Å². The van der Waals surface area contributed by atoms with Crippen LogP contribution in [0.5, 0.6) is 0 Å². The standard InChI is InChI=1S/C39H30N4/c1-39(2)29-17-19-31(23-13-15-27-25-9-5-7-11-33(25)42(3)35(27)21-23)40-37(29)38-30(39)18-20-32(41-38)24-14-16-28-26-10-6-8-12-34(26)43(4)36(28)22-24/h5-22H,1-4H3. The zero-order valence-electron chi connectivity index (χ0n) is 24.7. The van der Waals surface area contributed by atoms with Crippen molar-refractivity contribution in [3.8, 4) is 33.9 Å². The summed E-state index contributed by atoms with van der Waals surface area (Å²) in [5, 5.41) is 5.10. The van der Waals surface area contributed by atoms with Gasteiger partial charge < -0.3 is 9.13 Å². The lowest BCUT2D eigenvalue weighted by Crippen LogP contribution is -2.15. The summed E-state index contributed by atoms with van der Waals surface area (Å²) in [5.74, 6) is 0. The molecule has 8 aromatic rings. The van der Waals surface area contributed by atoms with Crippen molar-refractivity contribution in [2.24, 2.45) is 14.1 Å². The van der Waals surface area contributed by atoms with Crippen molar-refractivity contribution >= 4 is 43.6 Å². The Labute approximate surface area is 249 Å². The van der Waals surface area contributed by atoms with Gasteiger partial charge in [0.05, 0.1) is 22.8 Å². The molecule has 0 fully saturated rings. The number of aromatic nitrogens is 4. The van der Waals surface area contributed by atoms with Gasteiger partial charge in [-0.05, 0) is 47.5 Å². The lowest BCUT2D eigenvalue weighted by atomic mass is 9.83. The van der Waals surface area contributed by atoms with Crippen molar-refractivity contribution < 1.29 is 0 Å². The molecule has 4 aromatic heterocycles. The molecule has 43 heavy (non-hydrogen) atoms. The minimum atomic E-state index is -0.165. The molecule has 0 saturated carbocycles. The number of aryl methyl sites for hydroxylation is 2. The number of nitrogens with zero attached hydrogens (tertiary/aromatic N) is 4. The van der Waals surface area contributed by atoms with Crippen LogP contribution in [-0.2, 0) is 19.5 Å². The second-order valence-corrected chi connectivity index (χ2v) is 12.4. The van der Waals surface area contributed by atoms with Crippen LogP contribution >= 0.6 is 0 Å². The molecule has 0 unspecified atom stereocenters. The minimum Gasteiger partial charge on any atom is -0.344 e. The van der Waals surface area contributed by atoms with Crippen LogP contribution in [0.2, 0.25) is 0 Å². The van der Waals surface area contributed by atoms with Gasteiger partial charge in [0.1, 0.15) is 0 Å². The third-order valence-electron chi connectivity index (χ3n) is 9.78. The highest BCUT2D eigenvalue weighted by Crippen LogP contribution is 2.48. The largest absolute Gasteiger partial charge is 0.344 e. The molecule has 0 bridgehead atoms. The van der Waals surface area contributed by atoms with Gasteiger partial charge in [-0.3, -0.25) is 0 Å². The Hall–Kier alpha value is -5.22. The minimum absolute atomic E-state index is 0.165. The monoisotopic (exact) mass is 554 g/mol. The number of pyridine rings is 2. The third-order valence-corrected chi connectivity index (χ3v) is 9.78. The summed E-state index contributed by atoms with van der Waals surface area (Å²) in [5.41, 5.74) is 13.3. The molecule has 1 aliphatic rings. The van der Waals surface area contributed by atoms with E-state index in [1.165, 1.54) is 54.7 Å². The summed E-state index contributed by atoms with van der Waals surface area (Å²) in [4.78, 5) is 10.6. The molecular formula is C39H30N4. The number of fused-ring (bicyclic) bond motifs is 9. The van der Waals surface area contributed by atoms with Crippen LogP contribution in [-0.4, -0.2) is 19.1 Å². The van der Waals surface area contributed by atoms with E-state index in [0.29, 0.717) is 0 Å². The van der Waals surface area contributed by atoms with Gasteiger partial charge in [0.15, 0.2) is 0 Å². The maximum absolute atomic E-state index is 5.30. The van der Waals surface area contributed by atoms with Gasteiger partial charge in [0, 0.05) is 74.2 Å². The number of rotatable bonds is 2. The number of benzene rings is 4. The fraction of sp³-hybridized carbons (Fsp3) is 0.128. The van der Waals surface area contributed by atoms with Gasteiger partial charge >= 0.3 is 0 Å². The zero-order chi connectivity index (χ0) is 29.0. The van der Waals surface area contributed by atoms with E-state index < -0.39 is 0 Å². The third kappa shape index (κ3) is 3.26. The van der Waals surface area contributed by atoms with Crippen molar-refractivity contribution in [3.63, 3.8) is 0 Å². The Morgan fingerprint density at radius 1 is 0.465 bits per heavy atom. The first-order valence-electron chi connectivity index (χ1n) is 14.9. The normalized spacial score (nSPS) is 13.8. The Bertz CT molecular complexity index is 2280. The van der Waals surface area contributed by atoms with E-state index in [-0.39, 0.29) is 5.41 Å². The molecule has 4 aromatic carbocycles. The summed E-state index contributed by atoms with van der Waals surface area (Å²) in [6.45, 7) is 4.56. The summed E-state index contributed by atoms with van der Waals surface area (Å²) in [6.07, 6.45) is 0. The molecule has 0 saturated heterocycles. The predicted molar refractivity (Wildman–Crippen MR) is 178 cm³/mol. The molecule has 0 spiro atoms. The fourth-order valence-corrected chi connectivity index (χ4v) is 7.39. The van der Waals surface area contributed by atoms with Crippen molar-refractivity contribution in [1.82, 2.24) is 19.1 Å². The molecule has 1 aliphatic carbocycles. The molecule has 0 amide bonds. The van der Waals surface area contributed by atoms with Crippen LogP contribution in [0.25, 0.3) is 77.5 Å². The molecule has 0 atom stereocenters. The summed E-state index contributed by atoms with van der Waals surface area (Å²) >= 11 is 0. The second kappa shape index (κ2) is 8.42. The number of hydrogen-bond acceptors (Lipinski definition) is 2. The topological polar surface area (TPSA) is 35.6 Å². The molecule has 0 aliphatic heterocycles. The van der Waals surface area contributed by atoms with E-state index in [4.69, 9.17) is 9.97 Å². The van der Waals surface area contributed by atoms with Gasteiger partial charge in [0.2, 0.25) is 0 Å². The van der Waals surface area contributed by atoms with Gasteiger partial charge in [-0.1, -0.05) is 86.6 Å². The smallest absolute Gasteiger partial charge is 0.0937 e. The molecule has 4 nitrogen and oxygen atoms in total. The van der Waals surface area contributed by atoms with Crippen molar-refractivity contribution in [2.75, 3.05) is 0 Å². The second-order valence-electron chi connectivity index (χ2n) is 12.4. The van der Waals surface area contributed by atoms with E-state index in [9.17, 15) is 0 Å². The highest BCUT2D eigenvalue weighted by atomic mass is 14.9. The van der Waals surface area contributed by atoms with E-state index in [2.05, 4.69) is 146 Å². The highest BCUT2D eigenvalue weighted by Gasteiger charge is 2.38. The van der Waals surface area contributed by atoms with E-state index in [0.717, 1.165) is 33.9 Å². The lowest BCUT2D eigenvalue weighted by molar-refractivity contribution is 0.658. The molecule has 0 radical (unpaired) electrons. The lowest BCUT2D eigenvalue weighted by Gasteiger charge is -2.20. The first-order valence-corrected chi connectivity index (χ1v) is 14.9. The highest BCUT2D eigenvalue weighted by molar-refractivity contribution is 6.10. The van der Waals surface area contributed by atoms with E-state index >= 15 is 0 Å². The van der Waals surface area contributed by atoms with E-state index in [1.807, 2.05) is 0 Å². The summed E-state index contributed by atoms with van der Waals surface area (Å²) in [7, 11) is 4.29. The number of hydrogen-bond donors (Lipinski definition) is 0. The fourth-order valence-electron chi connectivity index (χ4n) is 7.39. The predicted octanol–water partition coefficient (Wildman–Crippen LogP) is 9.41. The first kappa shape index (κ1) is 24.4. The molecule has 9 rings (SSSR count). The van der Waals surface area contributed by atoms with Crippen LogP contribution in [0.15, 0.2) is 109 Å². The van der Waals surface area contributed by atoms with Crippen LogP contribution in [0.4, 0.5) is 0 Å². The van der Waals surface area contributed by atoms with Crippen LogP contribution < -0.4 is 0 Å². The zero-order valence-corrected chi connectivity index (χ0v) is 24.7. The van der Waals surface area contributed by atoms with Gasteiger partial charge in [-0.25, -0.2) is 9.97 Å². The molecular weight excluding hydrogens is 524 g/mol. The molecule has 206 valence electrons. The SMILES string of the molecule is Cn1c2ccccc2c2ccc(-c3ccc4c(n3)-c3nc(-c5ccc6c7ccccc7n(C)c6c5)ccc3C4(C)C)cc21. The maximum atomic E-state index is 5.30. The Morgan fingerprint density at radius 2 is 0.884 bits per heavy atom. The van der Waals surface area contributed by atoms with Crippen molar-refractivity contribution in [1.29, 1.82) is 0 Å². The quantitative estimate of drug-likeness (QED) is 0.213. The average molecular weight is 555 g/mol. The van der Waals surface area contributed by atoms with Gasteiger partial charge in [-0.2, -0.15) is 0 Å². The Morgan fingerprint density at radius 3 is 1.35 bits per heavy atom. The van der Waals surface area contributed by atoms with Crippen LogP contribution in [0, 0.1) is 0 Å². The first-order chi connectivity index (χ1) is 20.9. The summed E-state index contributed by atoms with van der Waals surface area (Å²) in [6, 6.07) is 39.5. The Kier molecular flexibility index (Phi) is 4.78. The average Bonchev–Trinajstić information content (AvgIpc) is 3.59.